The average Bonchev–Trinajstić information content (AvgIpc) is 3.21. The van der Waals surface area contributed by atoms with Crippen LogP contribution in [0.2, 0.25) is 0 Å². The molecule has 1 aliphatic carbocycles. The third-order valence-electron chi connectivity index (χ3n) is 3.76. The van der Waals surface area contributed by atoms with E-state index in [0.717, 1.165) is 11.6 Å². The van der Waals surface area contributed by atoms with Crippen LogP contribution in [-0.2, 0) is 4.74 Å². The average molecular weight is 248 g/mol. The van der Waals surface area contributed by atoms with Gasteiger partial charge < -0.3 is 15.4 Å². The Morgan fingerprint density at radius 2 is 2.17 bits per heavy atom. The number of esters is 1. The Labute approximate surface area is 108 Å². The summed E-state index contributed by atoms with van der Waals surface area (Å²) in [5.74, 6) is 0.385. The highest BCUT2D eigenvalue weighted by Crippen LogP contribution is 2.36. The Bertz CT molecular complexity index is 455. The first-order valence-electron chi connectivity index (χ1n) is 6.25. The van der Waals surface area contributed by atoms with Gasteiger partial charge >= 0.3 is 5.97 Å². The number of ether oxygens (including phenoxy) is 1. The van der Waals surface area contributed by atoms with Gasteiger partial charge in [-0.1, -0.05) is 0 Å². The van der Waals surface area contributed by atoms with Crippen LogP contribution in [0.1, 0.15) is 30.1 Å². The molecule has 0 bridgehead atoms. The highest BCUT2D eigenvalue weighted by Gasteiger charge is 2.30. The molecule has 4 nitrogen and oxygen atoms in total. The highest BCUT2D eigenvalue weighted by atomic mass is 16.5. The lowest BCUT2D eigenvalue weighted by molar-refractivity contribution is 0.0602. The van der Waals surface area contributed by atoms with Crippen molar-refractivity contribution in [2.75, 3.05) is 24.8 Å². The van der Waals surface area contributed by atoms with E-state index in [0.29, 0.717) is 17.3 Å². The minimum absolute atomic E-state index is 0.387. The van der Waals surface area contributed by atoms with Gasteiger partial charge in [0.05, 0.1) is 12.7 Å². The normalized spacial score (nSPS) is 16.2. The van der Waals surface area contributed by atoms with Crippen molar-refractivity contribution in [1.82, 2.24) is 0 Å². The number of hydrogen-bond acceptors (Lipinski definition) is 4. The number of nitrogens with zero attached hydrogens (tertiary/aromatic N) is 1. The van der Waals surface area contributed by atoms with Gasteiger partial charge in [-0.25, -0.2) is 4.79 Å². The largest absolute Gasteiger partial charge is 0.465 e. The van der Waals surface area contributed by atoms with E-state index >= 15 is 0 Å². The second kappa shape index (κ2) is 4.88. The predicted molar refractivity (Wildman–Crippen MR) is 72.8 cm³/mol. The molecule has 0 radical (unpaired) electrons. The number of anilines is 2. The van der Waals surface area contributed by atoms with Crippen LogP contribution in [0.5, 0.6) is 0 Å². The number of rotatable bonds is 4. The number of hydrogen-bond donors (Lipinski definition) is 1. The third kappa shape index (κ3) is 2.42. The Morgan fingerprint density at radius 3 is 2.72 bits per heavy atom. The van der Waals surface area contributed by atoms with E-state index in [2.05, 4.69) is 18.9 Å². The van der Waals surface area contributed by atoms with E-state index in [4.69, 9.17) is 10.5 Å². The Balaban J connectivity index is 2.25. The summed E-state index contributed by atoms with van der Waals surface area (Å²) in [6.07, 6.45) is 2.59. The van der Waals surface area contributed by atoms with Gasteiger partial charge in [0.15, 0.2) is 0 Å². The summed E-state index contributed by atoms with van der Waals surface area (Å²) in [5.41, 5.74) is 7.69. The molecule has 2 rings (SSSR count). The van der Waals surface area contributed by atoms with Crippen LogP contribution >= 0.6 is 0 Å². The fourth-order valence-electron chi connectivity index (χ4n) is 2.18. The molecule has 1 aromatic rings. The molecule has 0 saturated heterocycles. The first-order valence-corrected chi connectivity index (χ1v) is 6.25. The Kier molecular flexibility index (Phi) is 3.45. The number of carbonyl (C=O) groups excluding carboxylic acids is 1. The standard InChI is InChI=1S/C14H20N2O2/c1-9(10-4-5-10)16(2)11-6-7-13(15)12(8-11)14(17)18-3/h6-10H,4-5,15H2,1-3H3. The molecular weight excluding hydrogens is 228 g/mol. The topological polar surface area (TPSA) is 55.6 Å². The van der Waals surface area contributed by atoms with E-state index in [1.54, 1.807) is 12.1 Å². The lowest BCUT2D eigenvalue weighted by Gasteiger charge is -2.27. The van der Waals surface area contributed by atoms with E-state index in [1.165, 1.54) is 20.0 Å². The van der Waals surface area contributed by atoms with Crippen molar-refractivity contribution < 1.29 is 9.53 Å². The van der Waals surface area contributed by atoms with Crippen LogP contribution in [0, 0.1) is 5.92 Å². The van der Waals surface area contributed by atoms with Gasteiger partial charge in [-0.3, -0.25) is 0 Å². The summed E-state index contributed by atoms with van der Waals surface area (Å²) in [5, 5.41) is 0. The molecule has 4 heteroatoms. The van der Waals surface area contributed by atoms with Gasteiger partial charge in [0.1, 0.15) is 0 Å². The van der Waals surface area contributed by atoms with E-state index in [9.17, 15) is 4.79 Å². The molecule has 98 valence electrons. The SMILES string of the molecule is COC(=O)c1cc(N(C)C(C)C2CC2)ccc1N. The molecule has 1 aliphatic rings. The summed E-state index contributed by atoms with van der Waals surface area (Å²) in [7, 11) is 3.42. The van der Waals surface area contributed by atoms with Crippen LogP contribution in [0.4, 0.5) is 11.4 Å². The minimum atomic E-state index is -0.387. The molecule has 0 spiro atoms. The van der Waals surface area contributed by atoms with E-state index in [1.807, 2.05) is 6.07 Å². The third-order valence-corrected chi connectivity index (χ3v) is 3.76. The zero-order valence-electron chi connectivity index (χ0n) is 11.1. The molecule has 1 unspecified atom stereocenters. The molecule has 0 aromatic heterocycles. The fourth-order valence-corrected chi connectivity index (χ4v) is 2.18. The van der Waals surface area contributed by atoms with Crippen molar-refractivity contribution in [1.29, 1.82) is 0 Å². The second-order valence-electron chi connectivity index (χ2n) is 4.95. The number of nitrogens with two attached hydrogens (primary N) is 1. The van der Waals surface area contributed by atoms with Crippen molar-refractivity contribution >= 4 is 17.3 Å². The zero-order valence-corrected chi connectivity index (χ0v) is 11.1. The van der Waals surface area contributed by atoms with Crippen LogP contribution in [0.3, 0.4) is 0 Å². The monoisotopic (exact) mass is 248 g/mol. The maximum atomic E-state index is 11.6. The number of benzene rings is 1. The van der Waals surface area contributed by atoms with Gasteiger partial charge in [-0.05, 0) is 43.9 Å². The maximum Gasteiger partial charge on any atom is 0.340 e. The van der Waals surface area contributed by atoms with Crippen LogP contribution in [-0.4, -0.2) is 26.2 Å². The smallest absolute Gasteiger partial charge is 0.340 e. The molecular formula is C14H20N2O2. The van der Waals surface area contributed by atoms with Crippen LogP contribution in [0.25, 0.3) is 0 Å². The summed E-state index contributed by atoms with van der Waals surface area (Å²) < 4.78 is 4.73. The lowest BCUT2D eigenvalue weighted by Crippen LogP contribution is -2.30. The first kappa shape index (κ1) is 12.7. The lowest BCUT2D eigenvalue weighted by atomic mass is 10.1. The van der Waals surface area contributed by atoms with Crippen LogP contribution < -0.4 is 10.6 Å². The van der Waals surface area contributed by atoms with Crippen molar-refractivity contribution in [2.45, 2.75) is 25.8 Å². The van der Waals surface area contributed by atoms with Crippen molar-refractivity contribution in [3.63, 3.8) is 0 Å². The van der Waals surface area contributed by atoms with Crippen molar-refractivity contribution in [3.8, 4) is 0 Å². The predicted octanol–water partition coefficient (Wildman–Crippen LogP) is 2.29. The van der Waals surface area contributed by atoms with Crippen molar-refractivity contribution in [3.05, 3.63) is 23.8 Å². The van der Waals surface area contributed by atoms with Gasteiger partial charge in [0.2, 0.25) is 0 Å². The molecule has 0 aliphatic heterocycles. The molecule has 1 fully saturated rings. The number of carbonyl (C=O) groups is 1. The summed E-state index contributed by atoms with van der Waals surface area (Å²) in [6.45, 7) is 2.21. The minimum Gasteiger partial charge on any atom is -0.465 e. The number of methoxy groups -OCH3 is 1. The van der Waals surface area contributed by atoms with Gasteiger partial charge in [0, 0.05) is 24.5 Å². The highest BCUT2D eigenvalue weighted by molar-refractivity contribution is 5.96. The quantitative estimate of drug-likeness (QED) is 0.656. The fraction of sp³-hybridized carbons (Fsp3) is 0.500. The van der Waals surface area contributed by atoms with Gasteiger partial charge in [-0.15, -0.1) is 0 Å². The van der Waals surface area contributed by atoms with E-state index < -0.39 is 0 Å². The second-order valence-corrected chi connectivity index (χ2v) is 4.95. The molecule has 1 atom stereocenters. The Hall–Kier alpha value is -1.71. The zero-order chi connectivity index (χ0) is 13.3. The first-order chi connectivity index (χ1) is 8.54. The summed E-state index contributed by atoms with van der Waals surface area (Å²) in [6, 6.07) is 6.00. The van der Waals surface area contributed by atoms with Gasteiger partial charge in [0.25, 0.3) is 0 Å². The number of nitrogen functional groups attached to an aromatic ring is 1. The molecule has 2 N–H and O–H groups in total. The molecule has 1 aromatic carbocycles. The molecule has 1 saturated carbocycles. The maximum absolute atomic E-state index is 11.6. The van der Waals surface area contributed by atoms with Crippen LogP contribution in [0.15, 0.2) is 18.2 Å². The summed E-state index contributed by atoms with van der Waals surface area (Å²) in [4.78, 5) is 13.8. The summed E-state index contributed by atoms with van der Waals surface area (Å²) >= 11 is 0. The molecule has 18 heavy (non-hydrogen) atoms. The van der Waals surface area contributed by atoms with E-state index in [-0.39, 0.29) is 5.97 Å². The van der Waals surface area contributed by atoms with Gasteiger partial charge in [-0.2, -0.15) is 0 Å². The Morgan fingerprint density at radius 1 is 1.50 bits per heavy atom. The van der Waals surface area contributed by atoms with Crippen molar-refractivity contribution in [2.24, 2.45) is 5.92 Å². The molecule has 0 amide bonds. The molecule has 0 heterocycles.